The van der Waals surface area contributed by atoms with Crippen molar-refractivity contribution in [2.24, 2.45) is 20.0 Å². The van der Waals surface area contributed by atoms with Crippen molar-refractivity contribution in [3.8, 4) is 0 Å². The van der Waals surface area contributed by atoms with E-state index in [0.717, 1.165) is 4.57 Å². The molecule has 0 aliphatic rings. The summed E-state index contributed by atoms with van der Waals surface area (Å²) in [6.07, 6.45) is 4.24. The smallest absolute Gasteiger partial charge is 0.330 e. The van der Waals surface area contributed by atoms with Crippen molar-refractivity contribution >= 4 is 12.0 Å². The van der Waals surface area contributed by atoms with Gasteiger partial charge in [0.1, 0.15) is 0 Å². The average Bonchev–Trinajstić information content (AvgIpc) is 2.50. The fraction of sp³-hybridized carbons (Fsp3) is 0.562. The Labute approximate surface area is 135 Å². The van der Waals surface area contributed by atoms with Gasteiger partial charge in [-0.05, 0) is 12.0 Å². The first-order chi connectivity index (χ1) is 10.8. The van der Waals surface area contributed by atoms with Crippen molar-refractivity contribution in [2.75, 3.05) is 26.8 Å². The van der Waals surface area contributed by atoms with E-state index in [1.165, 1.54) is 30.0 Å². The second kappa shape index (κ2) is 8.47. The third-order valence-corrected chi connectivity index (χ3v) is 3.34. The first-order valence-electron chi connectivity index (χ1n) is 7.50. The SMILES string of the molecule is COCCN(CC(C)C)C(=O)/C=C/c1cn(C)c(=O)n(C)c1=O. The molecule has 128 valence electrons. The van der Waals surface area contributed by atoms with E-state index in [1.807, 2.05) is 13.8 Å². The van der Waals surface area contributed by atoms with Gasteiger partial charge in [0.15, 0.2) is 0 Å². The van der Waals surface area contributed by atoms with E-state index >= 15 is 0 Å². The maximum atomic E-state index is 12.3. The van der Waals surface area contributed by atoms with Gasteiger partial charge in [-0.15, -0.1) is 0 Å². The second-order valence-corrected chi connectivity index (χ2v) is 5.85. The molecule has 0 aliphatic heterocycles. The molecule has 0 atom stereocenters. The third-order valence-electron chi connectivity index (χ3n) is 3.34. The summed E-state index contributed by atoms with van der Waals surface area (Å²) in [5.41, 5.74) is -0.538. The number of nitrogens with zero attached hydrogens (tertiary/aromatic N) is 3. The highest BCUT2D eigenvalue weighted by molar-refractivity contribution is 5.91. The number of rotatable bonds is 7. The molecule has 7 heteroatoms. The summed E-state index contributed by atoms with van der Waals surface area (Å²) in [6.45, 7) is 5.61. The molecule has 0 radical (unpaired) electrons. The summed E-state index contributed by atoms with van der Waals surface area (Å²) >= 11 is 0. The highest BCUT2D eigenvalue weighted by Gasteiger charge is 2.12. The van der Waals surface area contributed by atoms with Crippen molar-refractivity contribution in [3.05, 3.63) is 38.7 Å². The average molecular weight is 323 g/mol. The van der Waals surface area contributed by atoms with Crippen LogP contribution in [0.2, 0.25) is 0 Å². The number of carbonyl (C=O) groups is 1. The molecule has 0 aromatic carbocycles. The van der Waals surface area contributed by atoms with Crippen LogP contribution in [0.25, 0.3) is 6.08 Å². The van der Waals surface area contributed by atoms with Gasteiger partial charge < -0.3 is 14.2 Å². The first kappa shape index (κ1) is 18.9. The molecule has 1 aromatic rings. The predicted molar refractivity (Wildman–Crippen MR) is 89.3 cm³/mol. The van der Waals surface area contributed by atoms with Crippen LogP contribution in [0.5, 0.6) is 0 Å². The summed E-state index contributed by atoms with van der Waals surface area (Å²) in [6, 6.07) is 0. The Kier molecular flexibility index (Phi) is 6.96. The minimum atomic E-state index is -0.426. The zero-order valence-electron chi connectivity index (χ0n) is 14.4. The van der Waals surface area contributed by atoms with E-state index in [4.69, 9.17) is 4.74 Å². The molecule has 0 fully saturated rings. The monoisotopic (exact) mass is 323 g/mol. The summed E-state index contributed by atoms with van der Waals surface area (Å²) in [5, 5.41) is 0. The van der Waals surface area contributed by atoms with Gasteiger partial charge in [0.05, 0.1) is 12.2 Å². The molecular weight excluding hydrogens is 298 g/mol. The quantitative estimate of drug-likeness (QED) is 0.673. The van der Waals surface area contributed by atoms with E-state index < -0.39 is 11.2 Å². The zero-order valence-corrected chi connectivity index (χ0v) is 14.4. The van der Waals surface area contributed by atoms with Crippen LogP contribution in [0, 0.1) is 5.92 Å². The molecule has 0 N–H and O–H groups in total. The number of aromatic nitrogens is 2. The molecule has 0 saturated heterocycles. The minimum Gasteiger partial charge on any atom is -0.383 e. The molecule has 0 aliphatic carbocycles. The fourth-order valence-corrected chi connectivity index (χ4v) is 2.15. The van der Waals surface area contributed by atoms with Gasteiger partial charge in [0.25, 0.3) is 5.56 Å². The number of aryl methyl sites for hydroxylation is 1. The van der Waals surface area contributed by atoms with E-state index in [2.05, 4.69) is 0 Å². The van der Waals surface area contributed by atoms with Crippen molar-refractivity contribution in [1.29, 1.82) is 0 Å². The van der Waals surface area contributed by atoms with Crippen molar-refractivity contribution in [1.82, 2.24) is 14.0 Å². The Morgan fingerprint density at radius 2 is 2.00 bits per heavy atom. The lowest BCUT2D eigenvalue weighted by molar-refractivity contribution is -0.127. The van der Waals surface area contributed by atoms with E-state index in [9.17, 15) is 14.4 Å². The first-order valence-corrected chi connectivity index (χ1v) is 7.50. The summed E-state index contributed by atoms with van der Waals surface area (Å²) in [7, 11) is 4.56. The Morgan fingerprint density at radius 1 is 1.35 bits per heavy atom. The highest BCUT2D eigenvalue weighted by Crippen LogP contribution is 2.02. The molecule has 1 amide bonds. The molecule has 1 heterocycles. The van der Waals surface area contributed by atoms with Crippen LogP contribution < -0.4 is 11.2 Å². The van der Waals surface area contributed by atoms with Crippen LogP contribution >= 0.6 is 0 Å². The molecule has 0 saturated carbocycles. The summed E-state index contributed by atoms with van der Waals surface area (Å²) in [4.78, 5) is 37.7. The van der Waals surface area contributed by atoms with Crippen LogP contribution in [0.4, 0.5) is 0 Å². The van der Waals surface area contributed by atoms with Crippen LogP contribution in [0.3, 0.4) is 0 Å². The van der Waals surface area contributed by atoms with Gasteiger partial charge >= 0.3 is 5.69 Å². The number of methoxy groups -OCH3 is 1. The fourth-order valence-electron chi connectivity index (χ4n) is 2.15. The Bertz CT molecular complexity index is 686. The van der Waals surface area contributed by atoms with Gasteiger partial charge in [-0.3, -0.25) is 14.2 Å². The van der Waals surface area contributed by atoms with Gasteiger partial charge in [-0.1, -0.05) is 13.8 Å². The molecule has 0 bridgehead atoms. The van der Waals surface area contributed by atoms with Crippen molar-refractivity contribution in [3.63, 3.8) is 0 Å². The van der Waals surface area contributed by atoms with Crippen LogP contribution in [-0.2, 0) is 23.6 Å². The van der Waals surface area contributed by atoms with Gasteiger partial charge in [-0.2, -0.15) is 0 Å². The van der Waals surface area contributed by atoms with Gasteiger partial charge in [-0.25, -0.2) is 4.79 Å². The van der Waals surface area contributed by atoms with E-state index in [-0.39, 0.29) is 5.91 Å². The maximum absolute atomic E-state index is 12.3. The normalized spacial score (nSPS) is 11.4. The number of hydrogen-bond acceptors (Lipinski definition) is 4. The molecular formula is C16H25N3O4. The Morgan fingerprint density at radius 3 is 2.57 bits per heavy atom. The van der Waals surface area contributed by atoms with Crippen molar-refractivity contribution in [2.45, 2.75) is 13.8 Å². The Balaban J connectivity index is 3.00. The molecule has 0 spiro atoms. The van der Waals surface area contributed by atoms with Crippen LogP contribution in [0.1, 0.15) is 19.4 Å². The molecule has 23 heavy (non-hydrogen) atoms. The van der Waals surface area contributed by atoms with Crippen LogP contribution in [0.15, 0.2) is 21.9 Å². The minimum absolute atomic E-state index is 0.188. The predicted octanol–water partition coefficient (Wildman–Crippen LogP) is 0.228. The lowest BCUT2D eigenvalue weighted by atomic mass is 10.2. The van der Waals surface area contributed by atoms with Crippen molar-refractivity contribution < 1.29 is 9.53 Å². The highest BCUT2D eigenvalue weighted by atomic mass is 16.5. The Hall–Kier alpha value is -2.15. The molecule has 0 unspecified atom stereocenters. The topological polar surface area (TPSA) is 73.5 Å². The number of ether oxygens (including phenoxy) is 1. The lowest BCUT2D eigenvalue weighted by Crippen LogP contribution is -2.38. The number of hydrogen-bond donors (Lipinski definition) is 0. The van der Waals surface area contributed by atoms with Gasteiger partial charge in [0.2, 0.25) is 5.91 Å². The molecule has 1 rings (SSSR count). The zero-order chi connectivity index (χ0) is 17.6. The number of amides is 1. The van der Waals surface area contributed by atoms with E-state index in [1.54, 1.807) is 19.1 Å². The standard InChI is InChI=1S/C16H25N3O4/c1-12(2)10-19(8-9-23-5)14(20)7-6-13-11-17(3)16(22)18(4)15(13)21/h6-7,11-12H,8-10H2,1-5H3/b7-6+. The largest absolute Gasteiger partial charge is 0.383 e. The third kappa shape index (κ3) is 5.21. The summed E-state index contributed by atoms with van der Waals surface area (Å²) < 4.78 is 7.34. The van der Waals surface area contributed by atoms with E-state index in [0.29, 0.717) is 31.2 Å². The number of carbonyl (C=O) groups excluding carboxylic acids is 1. The molecule has 7 nitrogen and oxygen atoms in total. The van der Waals surface area contributed by atoms with Gasteiger partial charge in [0, 0.05) is 46.6 Å². The lowest BCUT2D eigenvalue weighted by Gasteiger charge is -2.22. The molecule has 1 aromatic heterocycles. The second-order valence-electron chi connectivity index (χ2n) is 5.85. The van der Waals surface area contributed by atoms with Crippen LogP contribution in [-0.4, -0.2) is 46.7 Å². The summed E-state index contributed by atoms with van der Waals surface area (Å²) in [5.74, 6) is 0.140. The maximum Gasteiger partial charge on any atom is 0.330 e.